The maximum absolute atomic E-state index is 12.1. The number of aliphatic carboxylic acids is 1. The molecule has 1 aromatic rings. The van der Waals surface area contributed by atoms with Gasteiger partial charge in [-0.2, -0.15) is 0 Å². The average molecular weight is 355 g/mol. The van der Waals surface area contributed by atoms with Gasteiger partial charge in [0.05, 0.1) is 10.8 Å². The molecule has 2 atom stereocenters. The molecule has 8 nitrogen and oxygen atoms in total. The predicted octanol–water partition coefficient (Wildman–Crippen LogP) is 1.84. The van der Waals surface area contributed by atoms with E-state index in [0.717, 1.165) is 6.07 Å². The molecule has 0 radical (unpaired) electrons. The van der Waals surface area contributed by atoms with Gasteiger partial charge in [-0.3, -0.25) is 14.9 Å². The number of halogens is 1. The number of carboxylic acid groups (broad SMARTS) is 1. The average Bonchev–Trinajstić information content (AvgIpc) is 2.95. The minimum absolute atomic E-state index is 0.204. The van der Waals surface area contributed by atoms with Crippen molar-refractivity contribution in [2.24, 2.45) is 5.92 Å². The summed E-state index contributed by atoms with van der Waals surface area (Å²) in [7, 11) is -3.94. The summed E-state index contributed by atoms with van der Waals surface area (Å²) in [5.74, 6) is -1.52. The van der Waals surface area contributed by atoms with E-state index in [2.05, 4.69) is 4.72 Å². The minimum atomic E-state index is -3.94. The van der Waals surface area contributed by atoms with E-state index in [4.69, 9.17) is 16.7 Å². The fourth-order valence-electron chi connectivity index (χ4n) is 2.19. The van der Waals surface area contributed by atoms with Gasteiger partial charge in [-0.1, -0.05) is 11.6 Å². The van der Waals surface area contributed by atoms with Crippen LogP contribution in [0.1, 0.15) is 19.3 Å². The molecule has 1 fully saturated rings. The number of nitrogens with one attached hydrogen (secondary N) is 1. The Hall–Kier alpha value is -1.23. The van der Waals surface area contributed by atoms with Gasteiger partial charge in [-0.05, 0) is 19.3 Å². The molecule has 1 aliphatic rings. The smallest absolute Gasteiger partial charge is 0.306 e. The number of carbonyl (C=O) groups is 1. The van der Waals surface area contributed by atoms with E-state index in [1.165, 1.54) is 0 Å². The number of nitro groups is 1. The van der Waals surface area contributed by atoms with Crippen LogP contribution in [-0.2, 0) is 14.8 Å². The third-order valence-electron chi connectivity index (χ3n) is 3.21. The summed E-state index contributed by atoms with van der Waals surface area (Å²) < 4.78 is 26.2. The van der Waals surface area contributed by atoms with Crippen LogP contribution in [0, 0.1) is 16.0 Å². The lowest BCUT2D eigenvalue weighted by molar-refractivity contribution is -0.384. The van der Waals surface area contributed by atoms with Gasteiger partial charge in [0.2, 0.25) is 0 Å². The molecule has 1 heterocycles. The molecule has 0 aromatic carbocycles. The maximum atomic E-state index is 12.1. The van der Waals surface area contributed by atoms with Gasteiger partial charge >= 0.3 is 5.97 Å². The van der Waals surface area contributed by atoms with E-state index >= 15 is 0 Å². The first-order chi connectivity index (χ1) is 9.70. The van der Waals surface area contributed by atoms with Crippen LogP contribution < -0.4 is 4.72 Å². The summed E-state index contributed by atoms with van der Waals surface area (Å²) in [6.07, 6.45) is 1.01. The van der Waals surface area contributed by atoms with Gasteiger partial charge in [0.15, 0.2) is 4.34 Å². The molecule has 0 bridgehead atoms. The number of rotatable bonds is 5. The Kier molecular flexibility index (Phi) is 4.51. The van der Waals surface area contributed by atoms with Crippen molar-refractivity contribution in [2.45, 2.75) is 29.5 Å². The number of nitrogens with zero attached hydrogens (tertiary/aromatic N) is 1. The third-order valence-corrected chi connectivity index (χ3v) is 6.54. The summed E-state index contributed by atoms with van der Waals surface area (Å²) >= 11 is 6.23. The second-order valence-electron chi connectivity index (χ2n) is 4.65. The highest BCUT2D eigenvalue weighted by Crippen LogP contribution is 2.36. The van der Waals surface area contributed by atoms with Crippen molar-refractivity contribution in [3.05, 3.63) is 20.5 Å². The van der Waals surface area contributed by atoms with Gasteiger partial charge in [-0.25, -0.2) is 13.1 Å². The normalized spacial score (nSPS) is 22.3. The molecule has 0 spiro atoms. The Balaban J connectivity index is 2.14. The Morgan fingerprint density at radius 1 is 1.52 bits per heavy atom. The van der Waals surface area contributed by atoms with E-state index in [1.54, 1.807) is 0 Å². The molecule has 2 rings (SSSR count). The molecular weight excluding hydrogens is 344 g/mol. The van der Waals surface area contributed by atoms with Gasteiger partial charge in [0, 0.05) is 12.1 Å². The van der Waals surface area contributed by atoms with E-state index in [9.17, 15) is 23.3 Å². The number of hydrogen-bond acceptors (Lipinski definition) is 6. The highest BCUT2D eigenvalue weighted by Gasteiger charge is 2.34. The van der Waals surface area contributed by atoms with Crippen molar-refractivity contribution >= 4 is 44.6 Å². The number of hydrogen-bond donors (Lipinski definition) is 2. The van der Waals surface area contributed by atoms with Crippen LogP contribution in [0.5, 0.6) is 0 Å². The van der Waals surface area contributed by atoms with Gasteiger partial charge < -0.3 is 5.11 Å². The van der Waals surface area contributed by atoms with Crippen LogP contribution in [-0.4, -0.2) is 30.5 Å². The molecular formula is C10H11ClN2O6S2. The van der Waals surface area contributed by atoms with E-state index in [0.29, 0.717) is 24.2 Å². The molecule has 2 N–H and O–H groups in total. The summed E-state index contributed by atoms with van der Waals surface area (Å²) in [5.41, 5.74) is -0.461. The standard InChI is InChI=1S/C10H11ClN2O6S2/c11-9-7(13(16)17)4-8(20-9)21(18,19)12-6-2-1-5(3-6)10(14)15/h4-6,12H,1-3H2,(H,14,15). The Bertz CT molecular complexity index is 686. The third kappa shape index (κ3) is 3.51. The highest BCUT2D eigenvalue weighted by atomic mass is 35.5. The van der Waals surface area contributed by atoms with Crippen molar-refractivity contribution in [1.29, 1.82) is 0 Å². The van der Waals surface area contributed by atoms with Crippen LogP contribution in [0.2, 0.25) is 4.34 Å². The lowest BCUT2D eigenvalue weighted by Gasteiger charge is -2.11. The number of sulfonamides is 1. The molecule has 0 aliphatic heterocycles. The monoisotopic (exact) mass is 354 g/mol. The van der Waals surface area contributed by atoms with Gasteiger partial charge in [-0.15, -0.1) is 11.3 Å². The highest BCUT2D eigenvalue weighted by molar-refractivity contribution is 7.91. The van der Waals surface area contributed by atoms with Crippen LogP contribution in [0.15, 0.2) is 10.3 Å². The predicted molar refractivity (Wildman–Crippen MR) is 75.1 cm³/mol. The SMILES string of the molecule is O=C(O)C1CCC(NS(=O)(=O)c2cc([N+](=O)[O-])c(Cl)s2)C1. The Labute approximate surface area is 128 Å². The largest absolute Gasteiger partial charge is 0.481 e. The zero-order valence-electron chi connectivity index (χ0n) is 10.5. The zero-order chi connectivity index (χ0) is 15.8. The summed E-state index contributed by atoms with van der Waals surface area (Å²) in [6, 6.07) is 0.412. The maximum Gasteiger partial charge on any atom is 0.306 e. The van der Waals surface area contributed by atoms with Gasteiger partial charge in [0.1, 0.15) is 4.21 Å². The van der Waals surface area contributed by atoms with Crippen LogP contribution in [0.25, 0.3) is 0 Å². The van der Waals surface area contributed by atoms with E-state index in [1.807, 2.05) is 0 Å². The first kappa shape index (κ1) is 16.1. The molecule has 1 aromatic heterocycles. The van der Waals surface area contributed by atoms with Crippen molar-refractivity contribution in [3.8, 4) is 0 Å². The molecule has 2 unspecified atom stereocenters. The second-order valence-corrected chi connectivity index (χ2v) is 8.24. The molecule has 1 aliphatic carbocycles. The number of thiophene rings is 1. The Morgan fingerprint density at radius 2 is 2.19 bits per heavy atom. The fourth-order valence-corrected chi connectivity index (χ4v) is 5.15. The zero-order valence-corrected chi connectivity index (χ0v) is 12.9. The first-order valence-electron chi connectivity index (χ1n) is 5.89. The van der Waals surface area contributed by atoms with Crippen molar-refractivity contribution < 1.29 is 23.2 Å². The molecule has 116 valence electrons. The van der Waals surface area contributed by atoms with Gasteiger partial charge in [0.25, 0.3) is 15.7 Å². The summed E-state index contributed by atoms with van der Waals surface area (Å²) in [5, 5.41) is 19.6. The van der Waals surface area contributed by atoms with Crippen LogP contribution in [0.3, 0.4) is 0 Å². The second kappa shape index (κ2) is 5.87. The quantitative estimate of drug-likeness (QED) is 0.613. The Morgan fingerprint density at radius 3 is 2.67 bits per heavy atom. The topological polar surface area (TPSA) is 127 Å². The molecule has 11 heteroatoms. The minimum Gasteiger partial charge on any atom is -0.481 e. The van der Waals surface area contributed by atoms with Crippen molar-refractivity contribution in [1.82, 2.24) is 4.72 Å². The molecule has 1 saturated carbocycles. The molecule has 0 saturated heterocycles. The van der Waals surface area contributed by atoms with E-state index < -0.39 is 38.6 Å². The lowest BCUT2D eigenvalue weighted by Crippen LogP contribution is -2.32. The van der Waals surface area contributed by atoms with E-state index in [-0.39, 0.29) is 15.0 Å². The van der Waals surface area contributed by atoms with Crippen molar-refractivity contribution in [2.75, 3.05) is 0 Å². The summed E-state index contributed by atoms with van der Waals surface area (Å²) in [6.45, 7) is 0. The number of carboxylic acids is 1. The van der Waals surface area contributed by atoms with Crippen LogP contribution >= 0.6 is 22.9 Å². The fraction of sp³-hybridized carbons (Fsp3) is 0.500. The summed E-state index contributed by atoms with van der Waals surface area (Å²) in [4.78, 5) is 20.8. The first-order valence-corrected chi connectivity index (χ1v) is 8.57. The lowest BCUT2D eigenvalue weighted by atomic mass is 10.1. The van der Waals surface area contributed by atoms with Crippen molar-refractivity contribution in [3.63, 3.8) is 0 Å². The van der Waals surface area contributed by atoms with Crippen LogP contribution in [0.4, 0.5) is 5.69 Å². The molecule has 0 amide bonds. The molecule has 21 heavy (non-hydrogen) atoms.